The number of carbonyl (C=O) groups excluding carboxylic acids is 1. The number of amides is 1. The molecule has 1 aromatic carbocycles. The number of amidine groups is 1. The van der Waals surface area contributed by atoms with E-state index in [-0.39, 0.29) is 30.2 Å². The van der Waals surface area contributed by atoms with Gasteiger partial charge in [-0.05, 0) is 31.0 Å². The highest BCUT2D eigenvalue weighted by atomic mass is 35.5. The number of thioether (sulfide) groups is 1. The van der Waals surface area contributed by atoms with Gasteiger partial charge in [0.25, 0.3) is 0 Å². The molecule has 1 aliphatic heterocycles. The van der Waals surface area contributed by atoms with E-state index in [1.165, 1.54) is 42.9 Å². The van der Waals surface area contributed by atoms with Crippen molar-refractivity contribution in [3.05, 3.63) is 29.0 Å². The Morgan fingerprint density at radius 2 is 2.08 bits per heavy atom. The maximum atomic E-state index is 14.3. The fourth-order valence-electron chi connectivity index (χ4n) is 3.27. The van der Waals surface area contributed by atoms with Crippen molar-refractivity contribution in [1.82, 2.24) is 4.90 Å². The van der Waals surface area contributed by atoms with E-state index < -0.39 is 5.82 Å². The molecule has 0 spiro atoms. The Bertz CT molecular complexity index is 667. The fraction of sp³-hybridized carbons (Fsp3) is 0.529. The maximum Gasteiger partial charge on any atom is 0.225 e. The monoisotopic (exact) mass is 405 g/mol. The second-order valence-corrected chi connectivity index (χ2v) is 7.66. The zero-order valence-corrected chi connectivity index (χ0v) is 16.6. The van der Waals surface area contributed by atoms with Crippen LogP contribution in [0, 0.1) is 5.82 Å². The highest BCUT2D eigenvalue weighted by Gasteiger charge is 2.36. The first-order valence-electron chi connectivity index (χ1n) is 8.15. The largest absolute Gasteiger partial charge is 0.333 e. The zero-order valence-electron chi connectivity index (χ0n) is 14.2. The standard InChI is InChI=1S/C17H21ClFN3OS.ClH/c1-11(23)22(15-9-12(18)7-8-14(15)19)16-10-24-17(21(16)2)20-13-5-3-4-6-13;/h7-9,13,16H,3-6,10H2,1-2H3;1H. The van der Waals surface area contributed by atoms with Gasteiger partial charge in [-0.3, -0.25) is 14.7 Å². The summed E-state index contributed by atoms with van der Waals surface area (Å²) in [6.45, 7) is 1.45. The number of nitrogens with zero attached hydrogens (tertiary/aromatic N) is 3. The lowest BCUT2D eigenvalue weighted by molar-refractivity contribution is -0.117. The summed E-state index contributed by atoms with van der Waals surface area (Å²) in [4.78, 5) is 20.5. The van der Waals surface area contributed by atoms with E-state index >= 15 is 0 Å². The van der Waals surface area contributed by atoms with Crippen LogP contribution in [0.1, 0.15) is 32.6 Å². The van der Waals surface area contributed by atoms with Crippen LogP contribution in [-0.4, -0.2) is 41.0 Å². The molecule has 0 radical (unpaired) electrons. The average molecular weight is 406 g/mol. The number of benzene rings is 1. The lowest BCUT2D eigenvalue weighted by Gasteiger charge is -2.33. The SMILES string of the molecule is CC(=O)N(c1cc(Cl)ccc1F)C1CSC(=NC2CCCC2)N1C.Cl. The Morgan fingerprint density at radius 1 is 1.40 bits per heavy atom. The normalized spacial score (nSPS) is 22.3. The minimum atomic E-state index is -0.450. The van der Waals surface area contributed by atoms with Crippen LogP contribution in [0.2, 0.25) is 5.02 Å². The van der Waals surface area contributed by atoms with E-state index in [1.807, 2.05) is 11.9 Å². The van der Waals surface area contributed by atoms with Gasteiger partial charge in [-0.2, -0.15) is 0 Å². The Labute approximate surface area is 163 Å². The highest BCUT2D eigenvalue weighted by molar-refractivity contribution is 8.14. The summed E-state index contributed by atoms with van der Waals surface area (Å²) >= 11 is 7.63. The summed E-state index contributed by atoms with van der Waals surface area (Å²) in [5.41, 5.74) is 0.217. The molecule has 2 aliphatic rings. The van der Waals surface area contributed by atoms with Gasteiger partial charge in [0.1, 0.15) is 12.0 Å². The molecule has 1 atom stereocenters. The summed E-state index contributed by atoms with van der Waals surface area (Å²) in [6, 6.07) is 4.66. The number of hydrogen-bond acceptors (Lipinski definition) is 3. The topological polar surface area (TPSA) is 35.9 Å². The maximum absolute atomic E-state index is 14.3. The molecule has 1 saturated heterocycles. The first kappa shape index (κ1) is 20.3. The van der Waals surface area contributed by atoms with Crippen molar-refractivity contribution in [1.29, 1.82) is 0 Å². The molecule has 0 aromatic heterocycles. The van der Waals surface area contributed by atoms with Crippen LogP contribution in [-0.2, 0) is 4.79 Å². The van der Waals surface area contributed by atoms with Crippen LogP contribution in [0.5, 0.6) is 0 Å². The molecule has 4 nitrogen and oxygen atoms in total. The third-order valence-electron chi connectivity index (χ3n) is 4.53. The second-order valence-electron chi connectivity index (χ2n) is 6.24. The molecule has 138 valence electrons. The third-order valence-corrected chi connectivity index (χ3v) is 5.88. The molecule has 1 aliphatic carbocycles. The number of halogens is 3. The van der Waals surface area contributed by atoms with Crippen molar-refractivity contribution in [3.63, 3.8) is 0 Å². The quantitative estimate of drug-likeness (QED) is 0.739. The molecule has 1 heterocycles. The predicted molar refractivity (Wildman–Crippen MR) is 106 cm³/mol. The first-order valence-corrected chi connectivity index (χ1v) is 9.52. The Morgan fingerprint density at radius 3 is 2.72 bits per heavy atom. The summed E-state index contributed by atoms with van der Waals surface area (Å²) < 4.78 is 14.3. The zero-order chi connectivity index (χ0) is 17.3. The van der Waals surface area contributed by atoms with Crippen LogP contribution >= 0.6 is 35.8 Å². The molecular weight excluding hydrogens is 384 g/mol. The summed E-state index contributed by atoms with van der Waals surface area (Å²) in [5, 5.41) is 1.34. The minimum absolute atomic E-state index is 0. The van der Waals surface area contributed by atoms with Crippen LogP contribution < -0.4 is 4.90 Å². The van der Waals surface area contributed by atoms with Gasteiger partial charge in [-0.25, -0.2) is 4.39 Å². The van der Waals surface area contributed by atoms with Gasteiger partial charge in [0, 0.05) is 24.7 Å². The van der Waals surface area contributed by atoms with Gasteiger partial charge in [-0.1, -0.05) is 36.2 Å². The molecule has 1 unspecified atom stereocenters. The van der Waals surface area contributed by atoms with E-state index in [1.54, 1.807) is 11.8 Å². The van der Waals surface area contributed by atoms with Crippen molar-refractivity contribution in [2.45, 2.75) is 44.8 Å². The molecule has 1 amide bonds. The third kappa shape index (κ3) is 4.41. The van der Waals surface area contributed by atoms with Gasteiger partial charge in [0.05, 0.1) is 11.7 Å². The van der Waals surface area contributed by atoms with Crippen LogP contribution in [0.25, 0.3) is 0 Å². The van der Waals surface area contributed by atoms with Crippen molar-refractivity contribution in [2.75, 3.05) is 17.7 Å². The number of rotatable bonds is 3. The van der Waals surface area contributed by atoms with Crippen molar-refractivity contribution in [2.24, 2.45) is 4.99 Å². The molecule has 0 bridgehead atoms. The van der Waals surface area contributed by atoms with E-state index in [0.717, 1.165) is 18.0 Å². The van der Waals surface area contributed by atoms with Gasteiger partial charge < -0.3 is 4.90 Å². The van der Waals surface area contributed by atoms with Crippen LogP contribution in [0.4, 0.5) is 10.1 Å². The van der Waals surface area contributed by atoms with E-state index in [0.29, 0.717) is 16.8 Å². The van der Waals surface area contributed by atoms with Crippen molar-refractivity contribution >= 4 is 52.5 Å². The number of hydrogen-bond donors (Lipinski definition) is 0. The van der Waals surface area contributed by atoms with Crippen molar-refractivity contribution in [3.8, 4) is 0 Å². The van der Waals surface area contributed by atoms with Gasteiger partial charge in [-0.15, -0.1) is 12.4 Å². The Kier molecular flexibility index (Phi) is 7.00. The Balaban J connectivity index is 0.00000225. The molecule has 3 rings (SSSR count). The van der Waals surface area contributed by atoms with E-state index in [4.69, 9.17) is 16.6 Å². The summed E-state index contributed by atoms with van der Waals surface area (Å²) in [7, 11) is 1.91. The Hall–Kier alpha value is -0.980. The molecule has 1 saturated carbocycles. The molecule has 1 aromatic rings. The predicted octanol–water partition coefficient (Wildman–Crippen LogP) is 4.56. The smallest absolute Gasteiger partial charge is 0.225 e. The number of carbonyl (C=O) groups is 1. The minimum Gasteiger partial charge on any atom is -0.333 e. The van der Waals surface area contributed by atoms with E-state index in [9.17, 15) is 9.18 Å². The summed E-state index contributed by atoms with van der Waals surface area (Å²) in [6.07, 6.45) is 4.45. The van der Waals surface area contributed by atoms with Gasteiger partial charge >= 0.3 is 0 Å². The van der Waals surface area contributed by atoms with E-state index in [2.05, 4.69) is 0 Å². The lowest BCUT2D eigenvalue weighted by atomic mass is 10.2. The molecule has 25 heavy (non-hydrogen) atoms. The van der Waals surface area contributed by atoms with Gasteiger partial charge in [0.2, 0.25) is 5.91 Å². The molecule has 0 N–H and O–H groups in total. The number of anilines is 1. The second kappa shape index (κ2) is 8.60. The highest BCUT2D eigenvalue weighted by Crippen LogP contribution is 2.33. The molecule has 8 heteroatoms. The fourth-order valence-corrected chi connectivity index (χ4v) is 4.65. The number of aliphatic imine (C=N–C) groups is 1. The van der Waals surface area contributed by atoms with Crippen molar-refractivity contribution < 1.29 is 9.18 Å². The first-order chi connectivity index (χ1) is 11.5. The van der Waals surface area contributed by atoms with Crippen LogP contribution in [0.3, 0.4) is 0 Å². The summed E-state index contributed by atoms with van der Waals surface area (Å²) in [5.74, 6) is -0.00181. The van der Waals surface area contributed by atoms with Crippen LogP contribution in [0.15, 0.2) is 23.2 Å². The van der Waals surface area contributed by atoms with Gasteiger partial charge in [0.15, 0.2) is 5.17 Å². The lowest BCUT2D eigenvalue weighted by Crippen LogP contribution is -2.48. The average Bonchev–Trinajstić information content (AvgIpc) is 3.16. The molecular formula is C17H22Cl2FN3OS. The molecule has 2 fully saturated rings.